The molecule has 0 saturated heterocycles. The number of hydrogen-bond donors (Lipinski definition) is 1. The fraction of sp³-hybridized carbons (Fsp3) is 0.556. The van der Waals surface area contributed by atoms with Crippen molar-refractivity contribution in [2.75, 3.05) is 12.0 Å². The predicted octanol–water partition coefficient (Wildman–Crippen LogP) is 5.40. The molecule has 1 amide bonds. The standard InChI is InChI=1S/C26H35N5O2.CH2O2/c1-17-7-5-8-20(15-17)31-23-12-11-22-21(10-9-19(3)30(22)26(32)33-4)24(23)28-25(31)18(2)16-29-14-6-13-27-29;2-1-3/h6,11-14,17-20H,5,7-10,15-16H2,1-4H3;1H,(H,2,3). The van der Waals surface area contributed by atoms with Crippen LogP contribution in [0.1, 0.15) is 76.2 Å². The number of methoxy groups -OCH3 is 1. The van der Waals surface area contributed by atoms with E-state index in [0.717, 1.165) is 42.3 Å². The van der Waals surface area contributed by atoms with E-state index in [1.54, 1.807) is 4.90 Å². The Balaban J connectivity index is 0.000000967. The molecule has 9 nitrogen and oxygen atoms in total. The molecular formula is C27H37N5O4. The van der Waals surface area contributed by atoms with Crippen molar-refractivity contribution in [3.05, 3.63) is 42.0 Å². The summed E-state index contributed by atoms with van der Waals surface area (Å²) in [7, 11) is 1.45. The van der Waals surface area contributed by atoms with E-state index in [1.807, 2.05) is 23.1 Å². The van der Waals surface area contributed by atoms with Crippen LogP contribution in [0, 0.1) is 5.92 Å². The van der Waals surface area contributed by atoms with Crippen LogP contribution in [0.5, 0.6) is 0 Å². The molecule has 3 aromatic rings. The number of imidazole rings is 1. The smallest absolute Gasteiger partial charge is 0.414 e. The first-order chi connectivity index (χ1) is 17.4. The maximum Gasteiger partial charge on any atom is 0.414 e. The van der Waals surface area contributed by atoms with Crippen LogP contribution in [0.2, 0.25) is 0 Å². The Bertz CT molecular complexity index is 1190. The number of fused-ring (bicyclic) bond motifs is 3. The van der Waals surface area contributed by atoms with E-state index in [-0.39, 0.29) is 24.5 Å². The SMILES string of the molecule is COC(=O)N1c2ccc3c(nc(C(C)Cn4cccn4)n3C3CCCC(C)C3)c2CCC1C.O=CO. The minimum atomic E-state index is -0.296. The molecule has 9 heteroatoms. The molecule has 1 N–H and O–H groups in total. The molecule has 1 aliphatic carbocycles. The summed E-state index contributed by atoms with van der Waals surface area (Å²) in [4.78, 5) is 28.0. The van der Waals surface area contributed by atoms with E-state index in [2.05, 4.69) is 42.6 Å². The summed E-state index contributed by atoms with van der Waals surface area (Å²) >= 11 is 0. The van der Waals surface area contributed by atoms with Gasteiger partial charge in [0, 0.05) is 36.0 Å². The van der Waals surface area contributed by atoms with Crippen LogP contribution in [0.25, 0.3) is 11.0 Å². The number of rotatable bonds is 4. The van der Waals surface area contributed by atoms with Crippen molar-refractivity contribution < 1.29 is 19.4 Å². The summed E-state index contributed by atoms with van der Waals surface area (Å²) in [5, 5.41) is 11.3. The predicted molar refractivity (Wildman–Crippen MR) is 138 cm³/mol. The van der Waals surface area contributed by atoms with Gasteiger partial charge < -0.3 is 14.4 Å². The molecule has 194 valence electrons. The molecule has 4 unspecified atom stereocenters. The zero-order valence-electron chi connectivity index (χ0n) is 21.6. The molecule has 5 rings (SSSR count). The highest BCUT2D eigenvalue weighted by atomic mass is 16.5. The molecular weight excluding hydrogens is 458 g/mol. The summed E-state index contributed by atoms with van der Waals surface area (Å²) < 4.78 is 9.64. The van der Waals surface area contributed by atoms with E-state index in [9.17, 15) is 4.79 Å². The second-order valence-corrected chi connectivity index (χ2v) is 10.2. The first kappa shape index (κ1) is 25.7. The quantitative estimate of drug-likeness (QED) is 0.487. The van der Waals surface area contributed by atoms with Gasteiger partial charge in [-0.1, -0.05) is 26.7 Å². The largest absolute Gasteiger partial charge is 0.483 e. The number of carbonyl (C=O) groups is 2. The van der Waals surface area contributed by atoms with Gasteiger partial charge in [-0.05, 0) is 56.7 Å². The van der Waals surface area contributed by atoms with Crippen molar-refractivity contribution in [1.82, 2.24) is 19.3 Å². The maximum absolute atomic E-state index is 12.6. The van der Waals surface area contributed by atoms with Gasteiger partial charge in [0.2, 0.25) is 0 Å². The molecule has 1 aliphatic heterocycles. The molecule has 4 atom stereocenters. The number of benzene rings is 1. The third-order valence-corrected chi connectivity index (χ3v) is 7.59. The minimum Gasteiger partial charge on any atom is -0.483 e. The topological polar surface area (TPSA) is 102 Å². The average Bonchev–Trinajstić information content (AvgIpc) is 3.51. The number of aromatic nitrogens is 4. The third-order valence-electron chi connectivity index (χ3n) is 7.59. The second kappa shape index (κ2) is 11.1. The highest BCUT2D eigenvalue weighted by Crippen LogP contribution is 2.41. The highest BCUT2D eigenvalue weighted by Gasteiger charge is 2.33. The highest BCUT2D eigenvalue weighted by molar-refractivity contribution is 5.95. The van der Waals surface area contributed by atoms with E-state index in [0.29, 0.717) is 6.04 Å². The Hall–Kier alpha value is -3.36. The van der Waals surface area contributed by atoms with Crippen LogP contribution in [-0.2, 0) is 22.5 Å². The molecule has 1 saturated carbocycles. The summed E-state index contributed by atoms with van der Waals surface area (Å²) in [6.45, 7) is 7.26. The van der Waals surface area contributed by atoms with Gasteiger partial charge >= 0.3 is 6.09 Å². The number of carbonyl (C=O) groups excluding carboxylic acids is 1. The Morgan fingerprint density at radius 2 is 2.06 bits per heavy atom. The fourth-order valence-corrected chi connectivity index (χ4v) is 5.93. The van der Waals surface area contributed by atoms with Crippen LogP contribution >= 0.6 is 0 Å². The van der Waals surface area contributed by atoms with E-state index >= 15 is 0 Å². The summed E-state index contributed by atoms with van der Waals surface area (Å²) in [5.41, 5.74) is 4.37. The van der Waals surface area contributed by atoms with Crippen molar-refractivity contribution in [3.8, 4) is 0 Å². The number of aryl methyl sites for hydroxylation is 1. The number of hydrogen-bond acceptors (Lipinski definition) is 5. The van der Waals surface area contributed by atoms with Crippen LogP contribution in [0.3, 0.4) is 0 Å². The van der Waals surface area contributed by atoms with Crippen molar-refractivity contribution in [2.24, 2.45) is 5.92 Å². The molecule has 1 aromatic carbocycles. The van der Waals surface area contributed by atoms with Crippen LogP contribution < -0.4 is 4.90 Å². The van der Waals surface area contributed by atoms with Crippen molar-refractivity contribution in [1.29, 1.82) is 0 Å². The lowest BCUT2D eigenvalue weighted by atomic mass is 9.86. The molecule has 1 fully saturated rings. The maximum atomic E-state index is 12.6. The zero-order valence-corrected chi connectivity index (χ0v) is 21.6. The molecule has 0 bridgehead atoms. The Kier molecular flexibility index (Phi) is 7.96. The van der Waals surface area contributed by atoms with Gasteiger partial charge in [0.1, 0.15) is 5.82 Å². The Morgan fingerprint density at radius 1 is 1.28 bits per heavy atom. The molecule has 36 heavy (non-hydrogen) atoms. The van der Waals surface area contributed by atoms with Gasteiger partial charge in [-0.25, -0.2) is 9.78 Å². The van der Waals surface area contributed by atoms with Gasteiger partial charge in [0.05, 0.1) is 30.4 Å². The molecule has 0 spiro atoms. The van der Waals surface area contributed by atoms with Gasteiger partial charge in [-0.15, -0.1) is 0 Å². The third kappa shape index (κ3) is 4.96. The normalized spacial score (nSPS) is 22.3. The number of nitrogens with zero attached hydrogens (tertiary/aromatic N) is 5. The van der Waals surface area contributed by atoms with E-state index in [1.165, 1.54) is 43.9 Å². The molecule has 3 heterocycles. The van der Waals surface area contributed by atoms with Crippen LogP contribution in [0.15, 0.2) is 30.6 Å². The van der Waals surface area contributed by atoms with Crippen LogP contribution in [-0.4, -0.2) is 50.2 Å². The number of carboxylic acid groups (broad SMARTS) is 1. The van der Waals surface area contributed by atoms with E-state index in [4.69, 9.17) is 19.6 Å². The molecule has 2 aliphatic rings. The van der Waals surface area contributed by atoms with Gasteiger partial charge in [-0.2, -0.15) is 5.10 Å². The Morgan fingerprint density at radius 3 is 2.72 bits per heavy atom. The lowest BCUT2D eigenvalue weighted by Gasteiger charge is -2.34. The van der Waals surface area contributed by atoms with Gasteiger partial charge in [-0.3, -0.25) is 14.4 Å². The van der Waals surface area contributed by atoms with E-state index < -0.39 is 0 Å². The summed E-state index contributed by atoms with van der Waals surface area (Å²) in [5.74, 6) is 2.09. The lowest BCUT2D eigenvalue weighted by molar-refractivity contribution is -0.122. The first-order valence-corrected chi connectivity index (χ1v) is 12.9. The fourth-order valence-electron chi connectivity index (χ4n) is 5.93. The van der Waals surface area contributed by atoms with Gasteiger partial charge in [0.15, 0.2) is 0 Å². The second-order valence-electron chi connectivity index (χ2n) is 10.2. The monoisotopic (exact) mass is 495 g/mol. The Labute approximate surface area is 212 Å². The van der Waals surface area contributed by atoms with Crippen molar-refractivity contribution in [3.63, 3.8) is 0 Å². The van der Waals surface area contributed by atoms with Crippen LogP contribution in [0.4, 0.5) is 10.5 Å². The molecule has 0 radical (unpaired) electrons. The molecule has 2 aromatic heterocycles. The number of amides is 1. The average molecular weight is 496 g/mol. The van der Waals surface area contributed by atoms with Crippen molar-refractivity contribution in [2.45, 2.75) is 83.8 Å². The zero-order chi connectivity index (χ0) is 25.8. The summed E-state index contributed by atoms with van der Waals surface area (Å²) in [6, 6.07) is 6.83. The van der Waals surface area contributed by atoms with Crippen molar-refractivity contribution >= 4 is 29.3 Å². The number of ether oxygens (including phenoxy) is 1. The number of anilines is 1. The lowest BCUT2D eigenvalue weighted by Crippen LogP contribution is -2.42. The minimum absolute atomic E-state index is 0.113. The first-order valence-electron chi connectivity index (χ1n) is 12.9. The summed E-state index contributed by atoms with van der Waals surface area (Å²) in [6.07, 6.45) is 10.3. The van der Waals surface area contributed by atoms with Gasteiger partial charge in [0.25, 0.3) is 6.47 Å².